The first-order valence-corrected chi connectivity index (χ1v) is 7.29. The third-order valence-electron chi connectivity index (χ3n) is 3.04. The Labute approximate surface area is 137 Å². The zero-order valence-electron chi connectivity index (χ0n) is 12.0. The standard InChI is InChI=1S/C16H15IO4/c1-19-13-8-7-12(15(20-2)16(13)21-3)14(18)10-5-4-6-11(17)9-10/h4-9H,1-3H3. The molecule has 0 atom stereocenters. The fourth-order valence-electron chi connectivity index (χ4n) is 2.07. The average molecular weight is 398 g/mol. The Hall–Kier alpha value is -1.76. The smallest absolute Gasteiger partial charge is 0.204 e. The Morgan fingerprint density at radius 2 is 1.67 bits per heavy atom. The van der Waals surface area contributed by atoms with E-state index < -0.39 is 0 Å². The third-order valence-corrected chi connectivity index (χ3v) is 3.71. The van der Waals surface area contributed by atoms with E-state index in [1.807, 2.05) is 18.2 Å². The molecule has 5 heteroatoms. The number of ketones is 1. The fraction of sp³-hybridized carbons (Fsp3) is 0.188. The van der Waals surface area contributed by atoms with Gasteiger partial charge in [-0.25, -0.2) is 0 Å². The molecule has 0 saturated carbocycles. The number of ether oxygens (including phenoxy) is 3. The van der Waals surface area contributed by atoms with Crippen molar-refractivity contribution >= 4 is 28.4 Å². The highest BCUT2D eigenvalue weighted by Gasteiger charge is 2.21. The lowest BCUT2D eigenvalue weighted by Crippen LogP contribution is -2.06. The molecule has 0 aliphatic carbocycles. The van der Waals surface area contributed by atoms with Gasteiger partial charge < -0.3 is 14.2 Å². The molecule has 0 heterocycles. The molecule has 110 valence electrons. The normalized spacial score (nSPS) is 10.1. The van der Waals surface area contributed by atoms with Crippen LogP contribution >= 0.6 is 22.6 Å². The summed E-state index contributed by atoms with van der Waals surface area (Å²) in [5.41, 5.74) is 1.05. The van der Waals surface area contributed by atoms with Crippen molar-refractivity contribution in [3.63, 3.8) is 0 Å². The van der Waals surface area contributed by atoms with Crippen LogP contribution in [0.3, 0.4) is 0 Å². The summed E-state index contributed by atoms with van der Waals surface area (Å²) in [4.78, 5) is 12.7. The minimum atomic E-state index is -0.119. The molecule has 2 rings (SSSR count). The second kappa shape index (κ2) is 6.80. The zero-order valence-corrected chi connectivity index (χ0v) is 14.1. The van der Waals surface area contributed by atoms with E-state index in [0.29, 0.717) is 28.4 Å². The largest absolute Gasteiger partial charge is 0.493 e. The SMILES string of the molecule is COc1ccc(C(=O)c2cccc(I)c2)c(OC)c1OC. The van der Waals surface area contributed by atoms with Crippen LogP contribution in [0.4, 0.5) is 0 Å². The fourth-order valence-corrected chi connectivity index (χ4v) is 2.61. The molecule has 0 amide bonds. The molecule has 2 aromatic rings. The summed E-state index contributed by atoms with van der Waals surface area (Å²) in [5, 5.41) is 0. The number of carbonyl (C=O) groups excluding carboxylic acids is 1. The molecular weight excluding hydrogens is 383 g/mol. The molecule has 0 aliphatic heterocycles. The Balaban J connectivity index is 2.56. The Bertz CT molecular complexity index is 667. The van der Waals surface area contributed by atoms with Gasteiger partial charge in [0.2, 0.25) is 5.75 Å². The molecule has 0 saturated heterocycles. The van der Waals surface area contributed by atoms with E-state index in [0.717, 1.165) is 3.57 Å². The van der Waals surface area contributed by atoms with E-state index >= 15 is 0 Å². The van der Waals surface area contributed by atoms with Crippen molar-refractivity contribution in [3.8, 4) is 17.2 Å². The van der Waals surface area contributed by atoms with Crippen LogP contribution in [0.25, 0.3) is 0 Å². The van der Waals surface area contributed by atoms with Gasteiger partial charge in [-0.1, -0.05) is 12.1 Å². The molecule has 0 aliphatic rings. The van der Waals surface area contributed by atoms with Crippen LogP contribution in [-0.4, -0.2) is 27.1 Å². The van der Waals surface area contributed by atoms with Crippen LogP contribution in [0, 0.1) is 3.57 Å². The quantitative estimate of drug-likeness (QED) is 0.571. The molecule has 0 spiro atoms. The van der Waals surface area contributed by atoms with E-state index in [2.05, 4.69) is 22.6 Å². The van der Waals surface area contributed by atoms with Gasteiger partial charge in [-0.15, -0.1) is 0 Å². The monoisotopic (exact) mass is 398 g/mol. The van der Waals surface area contributed by atoms with Crippen molar-refractivity contribution in [2.24, 2.45) is 0 Å². The molecule has 0 unspecified atom stereocenters. The molecule has 4 nitrogen and oxygen atoms in total. The Kier molecular flexibility index (Phi) is 5.06. The van der Waals surface area contributed by atoms with Gasteiger partial charge in [0, 0.05) is 9.13 Å². The summed E-state index contributed by atoms with van der Waals surface area (Å²) in [5.74, 6) is 1.19. The summed E-state index contributed by atoms with van der Waals surface area (Å²) < 4.78 is 16.9. The summed E-state index contributed by atoms with van der Waals surface area (Å²) in [6.07, 6.45) is 0. The lowest BCUT2D eigenvalue weighted by Gasteiger charge is -2.15. The predicted molar refractivity (Wildman–Crippen MR) is 88.7 cm³/mol. The van der Waals surface area contributed by atoms with E-state index in [-0.39, 0.29) is 5.78 Å². The Morgan fingerprint density at radius 3 is 2.24 bits per heavy atom. The first-order chi connectivity index (χ1) is 10.1. The number of benzene rings is 2. The molecule has 2 aromatic carbocycles. The van der Waals surface area contributed by atoms with Gasteiger partial charge in [-0.2, -0.15) is 0 Å². The molecular formula is C16H15IO4. The lowest BCUT2D eigenvalue weighted by molar-refractivity contribution is 0.103. The van der Waals surface area contributed by atoms with Crippen LogP contribution in [0.15, 0.2) is 36.4 Å². The number of carbonyl (C=O) groups is 1. The molecule has 0 aromatic heterocycles. The van der Waals surface area contributed by atoms with E-state index in [9.17, 15) is 4.79 Å². The van der Waals surface area contributed by atoms with Crippen molar-refractivity contribution in [2.45, 2.75) is 0 Å². The van der Waals surface area contributed by atoms with Crippen molar-refractivity contribution in [3.05, 3.63) is 51.1 Å². The summed E-state index contributed by atoms with van der Waals surface area (Å²) in [7, 11) is 4.56. The maximum Gasteiger partial charge on any atom is 0.204 e. The maximum absolute atomic E-state index is 12.7. The highest BCUT2D eigenvalue weighted by atomic mass is 127. The third kappa shape index (κ3) is 3.12. The topological polar surface area (TPSA) is 44.8 Å². The van der Waals surface area contributed by atoms with Crippen LogP contribution in [-0.2, 0) is 0 Å². The summed E-state index contributed by atoms with van der Waals surface area (Å²) >= 11 is 2.17. The molecule has 0 fully saturated rings. The average Bonchev–Trinajstić information content (AvgIpc) is 2.52. The van der Waals surface area contributed by atoms with Crippen LogP contribution in [0.5, 0.6) is 17.2 Å². The van der Waals surface area contributed by atoms with Gasteiger partial charge in [-0.05, 0) is 46.9 Å². The van der Waals surface area contributed by atoms with Gasteiger partial charge in [0.25, 0.3) is 0 Å². The molecule has 0 N–H and O–H groups in total. The minimum absolute atomic E-state index is 0.119. The maximum atomic E-state index is 12.7. The lowest BCUT2D eigenvalue weighted by atomic mass is 10.0. The molecule has 0 bridgehead atoms. The van der Waals surface area contributed by atoms with E-state index in [1.54, 1.807) is 25.3 Å². The summed E-state index contributed by atoms with van der Waals surface area (Å²) in [6, 6.07) is 10.8. The number of halogens is 1. The van der Waals surface area contributed by atoms with Crippen LogP contribution < -0.4 is 14.2 Å². The van der Waals surface area contributed by atoms with Gasteiger partial charge in [-0.3, -0.25) is 4.79 Å². The second-order valence-electron chi connectivity index (χ2n) is 4.22. The van der Waals surface area contributed by atoms with Gasteiger partial charge in [0.1, 0.15) is 0 Å². The van der Waals surface area contributed by atoms with Crippen molar-refractivity contribution in [2.75, 3.05) is 21.3 Å². The van der Waals surface area contributed by atoms with Gasteiger partial charge >= 0.3 is 0 Å². The molecule has 0 radical (unpaired) electrons. The number of rotatable bonds is 5. The molecule has 21 heavy (non-hydrogen) atoms. The van der Waals surface area contributed by atoms with E-state index in [4.69, 9.17) is 14.2 Å². The highest BCUT2D eigenvalue weighted by Crippen LogP contribution is 2.40. The van der Waals surface area contributed by atoms with Crippen molar-refractivity contribution < 1.29 is 19.0 Å². The summed E-state index contributed by atoms with van der Waals surface area (Å²) in [6.45, 7) is 0. The second-order valence-corrected chi connectivity index (χ2v) is 5.47. The van der Waals surface area contributed by atoms with Gasteiger partial charge in [0.15, 0.2) is 17.3 Å². The minimum Gasteiger partial charge on any atom is -0.493 e. The van der Waals surface area contributed by atoms with E-state index in [1.165, 1.54) is 14.2 Å². The zero-order chi connectivity index (χ0) is 15.4. The van der Waals surface area contributed by atoms with Crippen molar-refractivity contribution in [1.82, 2.24) is 0 Å². The Morgan fingerprint density at radius 1 is 0.952 bits per heavy atom. The first kappa shape index (κ1) is 15.6. The van der Waals surface area contributed by atoms with Gasteiger partial charge in [0.05, 0.1) is 26.9 Å². The number of hydrogen-bond donors (Lipinski definition) is 0. The first-order valence-electron chi connectivity index (χ1n) is 6.21. The highest BCUT2D eigenvalue weighted by molar-refractivity contribution is 14.1. The van der Waals surface area contributed by atoms with Crippen LogP contribution in [0.2, 0.25) is 0 Å². The number of hydrogen-bond acceptors (Lipinski definition) is 4. The van der Waals surface area contributed by atoms with Crippen LogP contribution in [0.1, 0.15) is 15.9 Å². The van der Waals surface area contributed by atoms with Crippen molar-refractivity contribution in [1.29, 1.82) is 0 Å². The number of methoxy groups -OCH3 is 3. The predicted octanol–water partition coefficient (Wildman–Crippen LogP) is 3.55.